The molecule has 1 N–H and O–H groups in total. The van der Waals surface area contributed by atoms with Gasteiger partial charge in [0.1, 0.15) is 5.75 Å². The van der Waals surface area contributed by atoms with E-state index in [1.54, 1.807) is 0 Å². The fraction of sp³-hybridized carbons (Fsp3) is 0.500. The molecule has 1 aromatic heterocycles. The molecule has 0 aromatic carbocycles. The lowest BCUT2D eigenvalue weighted by atomic mass is 10.3. The van der Waals surface area contributed by atoms with Gasteiger partial charge in [0.25, 0.3) is 5.92 Å². The normalized spacial score (nSPS) is 17.6. The quantitative estimate of drug-likeness (QED) is 0.862. The van der Waals surface area contributed by atoms with Crippen molar-refractivity contribution in [3.8, 4) is 5.75 Å². The van der Waals surface area contributed by atoms with Crippen molar-refractivity contribution in [2.45, 2.75) is 18.5 Å². The van der Waals surface area contributed by atoms with Crippen molar-refractivity contribution >= 4 is 11.7 Å². The Morgan fingerprint density at radius 3 is 2.64 bits per heavy atom. The van der Waals surface area contributed by atoms with Crippen molar-refractivity contribution < 1.29 is 36.6 Å². The van der Waals surface area contributed by atoms with E-state index >= 15 is 0 Å². The number of rotatable bonds is 4. The Morgan fingerprint density at radius 2 is 2.14 bits per heavy atom. The third-order valence-corrected chi connectivity index (χ3v) is 2.97. The van der Waals surface area contributed by atoms with Gasteiger partial charge in [0.05, 0.1) is 18.4 Å². The standard InChI is InChI=1S/C12H11F5N2O3/c13-11(14)1-2-19(5-11)8-4-18-7(10(20)21)3-9(8)22-6-12(15,16)17/h3-4H,1-2,5-6H2,(H,20,21). The molecule has 0 saturated carbocycles. The van der Waals surface area contributed by atoms with E-state index in [1.165, 1.54) is 0 Å². The summed E-state index contributed by atoms with van der Waals surface area (Å²) in [7, 11) is 0. The van der Waals surface area contributed by atoms with Crippen LogP contribution < -0.4 is 9.64 Å². The van der Waals surface area contributed by atoms with Crippen LogP contribution in [-0.4, -0.2) is 47.9 Å². The average molecular weight is 326 g/mol. The molecule has 1 aromatic rings. The van der Waals surface area contributed by atoms with E-state index in [0.717, 1.165) is 17.2 Å². The topological polar surface area (TPSA) is 62.7 Å². The van der Waals surface area contributed by atoms with Gasteiger partial charge < -0.3 is 14.7 Å². The molecule has 1 fully saturated rings. The number of nitrogens with zero attached hydrogens (tertiary/aromatic N) is 2. The first-order chi connectivity index (χ1) is 10.1. The summed E-state index contributed by atoms with van der Waals surface area (Å²) < 4.78 is 67.7. The van der Waals surface area contributed by atoms with Crippen molar-refractivity contribution in [3.05, 3.63) is 18.0 Å². The molecule has 122 valence electrons. The van der Waals surface area contributed by atoms with E-state index in [4.69, 9.17) is 5.11 Å². The number of hydrogen-bond acceptors (Lipinski definition) is 4. The maximum atomic E-state index is 13.2. The van der Waals surface area contributed by atoms with Gasteiger partial charge in [0.15, 0.2) is 12.3 Å². The van der Waals surface area contributed by atoms with Gasteiger partial charge in [-0.1, -0.05) is 0 Å². The second kappa shape index (κ2) is 5.58. The molecule has 2 rings (SSSR count). The van der Waals surface area contributed by atoms with Crippen LogP contribution in [0.15, 0.2) is 12.3 Å². The average Bonchev–Trinajstić information content (AvgIpc) is 2.75. The number of carboxylic acid groups (broad SMARTS) is 1. The smallest absolute Gasteiger partial charge is 0.422 e. The van der Waals surface area contributed by atoms with Gasteiger partial charge in [-0.2, -0.15) is 13.2 Å². The Morgan fingerprint density at radius 1 is 1.45 bits per heavy atom. The highest BCUT2D eigenvalue weighted by atomic mass is 19.4. The summed E-state index contributed by atoms with van der Waals surface area (Å²) in [5, 5.41) is 8.80. The Kier molecular flexibility index (Phi) is 4.12. The van der Waals surface area contributed by atoms with E-state index in [1.807, 2.05) is 0 Å². The van der Waals surface area contributed by atoms with Crippen LogP contribution in [0.4, 0.5) is 27.6 Å². The second-order valence-electron chi connectivity index (χ2n) is 4.77. The van der Waals surface area contributed by atoms with Gasteiger partial charge in [0.2, 0.25) is 0 Å². The lowest BCUT2D eigenvalue weighted by Gasteiger charge is -2.21. The van der Waals surface area contributed by atoms with Crippen LogP contribution in [-0.2, 0) is 0 Å². The molecule has 0 atom stereocenters. The van der Waals surface area contributed by atoms with Crippen LogP contribution in [0.5, 0.6) is 5.75 Å². The molecule has 0 bridgehead atoms. The molecule has 0 spiro atoms. The minimum atomic E-state index is -4.64. The number of anilines is 1. The summed E-state index contributed by atoms with van der Waals surface area (Å²) in [5.74, 6) is -4.87. The van der Waals surface area contributed by atoms with Gasteiger partial charge in [-0.15, -0.1) is 0 Å². The number of aromatic carboxylic acids is 1. The maximum absolute atomic E-state index is 13.2. The molecular formula is C12H11F5N2O3. The van der Waals surface area contributed by atoms with Gasteiger partial charge in [0, 0.05) is 19.0 Å². The van der Waals surface area contributed by atoms with Crippen LogP contribution in [0.1, 0.15) is 16.9 Å². The lowest BCUT2D eigenvalue weighted by molar-refractivity contribution is -0.153. The number of carboxylic acids is 1. The van der Waals surface area contributed by atoms with Crippen LogP contribution in [0.2, 0.25) is 0 Å². The molecule has 2 heterocycles. The summed E-state index contributed by atoms with van der Waals surface area (Å²) >= 11 is 0. The minimum absolute atomic E-state index is 0.0913. The second-order valence-corrected chi connectivity index (χ2v) is 4.77. The van der Waals surface area contributed by atoms with Crippen molar-refractivity contribution in [1.82, 2.24) is 4.98 Å². The molecule has 22 heavy (non-hydrogen) atoms. The Hall–Kier alpha value is -2.13. The molecule has 1 saturated heterocycles. The van der Waals surface area contributed by atoms with Gasteiger partial charge in [-0.05, 0) is 0 Å². The van der Waals surface area contributed by atoms with Crippen LogP contribution in [0.25, 0.3) is 0 Å². The van der Waals surface area contributed by atoms with Crippen LogP contribution >= 0.6 is 0 Å². The largest absolute Gasteiger partial charge is 0.482 e. The molecule has 0 aliphatic carbocycles. The monoisotopic (exact) mass is 326 g/mol. The van der Waals surface area contributed by atoms with Crippen LogP contribution in [0.3, 0.4) is 0 Å². The summed E-state index contributed by atoms with van der Waals surface area (Å²) in [6.07, 6.45) is -4.16. The summed E-state index contributed by atoms with van der Waals surface area (Å²) in [4.78, 5) is 15.5. The first kappa shape index (κ1) is 16.2. The highest BCUT2D eigenvalue weighted by Gasteiger charge is 2.39. The SMILES string of the molecule is O=C(O)c1cc(OCC(F)(F)F)c(N2CCC(F)(F)C2)cn1. The molecule has 1 aliphatic rings. The number of carbonyl (C=O) groups is 1. The van der Waals surface area contributed by atoms with E-state index in [0.29, 0.717) is 0 Å². The van der Waals surface area contributed by atoms with E-state index in [9.17, 15) is 26.7 Å². The Labute approximate surface area is 121 Å². The first-order valence-corrected chi connectivity index (χ1v) is 6.13. The zero-order chi connectivity index (χ0) is 16.5. The van der Waals surface area contributed by atoms with Crippen molar-refractivity contribution in [2.75, 3.05) is 24.6 Å². The molecule has 0 unspecified atom stereocenters. The number of pyridine rings is 1. The fourth-order valence-corrected chi connectivity index (χ4v) is 2.00. The number of halogens is 5. The van der Waals surface area contributed by atoms with Gasteiger partial charge in [-0.25, -0.2) is 18.6 Å². The van der Waals surface area contributed by atoms with Crippen molar-refractivity contribution in [3.63, 3.8) is 0 Å². The summed E-state index contributed by atoms with van der Waals surface area (Å²) in [5.41, 5.74) is -0.627. The third-order valence-electron chi connectivity index (χ3n) is 2.97. The van der Waals surface area contributed by atoms with Crippen molar-refractivity contribution in [1.29, 1.82) is 0 Å². The molecule has 5 nitrogen and oxygen atoms in total. The van der Waals surface area contributed by atoms with Gasteiger partial charge in [-0.3, -0.25) is 0 Å². The van der Waals surface area contributed by atoms with E-state index < -0.39 is 49.1 Å². The zero-order valence-corrected chi connectivity index (χ0v) is 11.0. The van der Waals surface area contributed by atoms with E-state index in [2.05, 4.69) is 9.72 Å². The highest BCUT2D eigenvalue weighted by Crippen LogP contribution is 2.36. The van der Waals surface area contributed by atoms with Crippen LogP contribution in [0, 0.1) is 0 Å². The fourth-order valence-electron chi connectivity index (χ4n) is 2.00. The maximum Gasteiger partial charge on any atom is 0.422 e. The molecule has 10 heteroatoms. The molecular weight excluding hydrogens is 315 g/mol. The number of hydrogen-bond donors (Lipinski definition) is 1. The lowest BCUT2D eigenvalue weighted by Crippen LogP contribution is -2.26. The predicted octanol–water partition coefficient (Wildman–Crippen LogP) is 2.57. The minimum Gasteiger partial charge on any atom is -0.482 e. The molecule has 1 aliphatic heterocycles. The van der Waals surface area contributed by atoms with Crippen molar-refractivity contribution in [2.24, 2.45) is 0 Å². The Bertz CT molecular complexity index is 576. The first-order valence-electron chi connectivity index (χ1n) is 6.13. The number of aromatic nitrogens is 1. The predicted molar refractivity (Wildman–Crippen MR) is 64.5 cm³/mol. The third kappa shape index (κ3) is 3.95. The molecule has 0 amide bonds. The van der Waals surface area contributed by atoms with E-state index in [-0.39, 0.29) is 12.2 Å². The zero-order valence-electron chi connectivity index (χ0n) is 11.0. The molecule has 0 radical (unpaired) electrons. The summed E-state index contributed by atoms with van der Waals surface area (Å²) in [6, 6.07) is 0.792. The number of ether oxygens (including phenoxy) is 1. The summed E-state index contributed by atoms with van der Waals surface area (Å²) in [6.45, 7) is -2.44. The van der Waals surface area contributed by atoms with Gasteiger partial charge >= 0.3 is 12.1 Å². The Balaban J connectivity index is 2.29. The highest BCUT2D eigenvalue weighted by molar-refractivity contribution is 5.86. The number of alkyl halides is 5.